The third-order valence-corrected chi connectivity index (χ3v) is 6.30. The van der Waals surface area contributed by atoms with Crippen LogP contribution in [0.5, 0.6) is 0 Å². The monoisotopic (exact) mass is 482 g/mol. The van der Waals surface area contributed by atoms with Crippen LogP contribution in [-0.4, -0.2) is 20.7 Å². The number of rotatable bonds is 7. The molecule has 0 spiro atoms. The number of amides is 1. The summed E-state index contributed by atoms with van der Waals surface area (Å²) in [7, 11) is 0. The van der Waals surface area contributed by atoms with Gasteiger partial charge in [0.25, 0.3) is 5.91 Å². The fourth-order valence-electron chi connectivity index (χ4n) is 3.21. The van der Waals surface area contributed by atoms with E-state index in [1.165, 1.54) is 11.1 Å². The van der Waals surface area contributed by atoms with Gasteiger partial charge in [0.1, 0.15) is 0 Å². The number of carbonyl (C=O) groups is 1. The second kappa shape index (κ2) is 10.2. The lowest BCUT2D eigenvalue weighted by atomic mass is 10.2. The average Bonchev–Trinajstić information content (AvgIpc) is 3.21. The molecule has 0 fully saturated rings. The van der Waals surface area contributed by atoms with Crippen LogP contribution in [0.1, 0.15) is 27.3 Å². The normalized spacial score (nSPS) is 10.8. The molecule has 3 aromatic carbocycles. The van der Waals surface area contributed by atoms with Gasteiger partial charge in [-0.25, -0.2) is 0 Å². The first-order chi connectivity index (χ1) is 15.5. The molecule has 0 bridgehead atoms. The quantitative estimate of drug-likeness (QED) is 0.323. The van der Waals surface area contributed by atoms with Crippen LogP contribution in [0, 0.1) is 6.92 Å². The molecular formula is C24H20Cl2N4OS. The molecule has 1 amide bonds. The van der Waals surface area contributed by atoms with Crippen LogP contribution < -0.4 is 5.32 Å². The molecule has 8 heteroatoms. The number of hydrogen-bond donors (Lipinski definition) is 1. The van der Waals surface area contributed by atoms with E-state index in [0.717, 1.165) is 0 Å². The van der Waals surface area contributed by atoms with Crippen molar-refractivity contribution in [2.24, 2.45) is 0 Å². The molecule has 0 unspecified atom stereocenters. The minimum absolute atomic E-state index is 0.189. The van der Waals surface area contributed by atoms with Crippen LogP contribution >= 0.6 is 35.0 Å². The maximum Gasteiger partial charge on any atom is 0.251 e. The highest BCUT2D eigenvalue weighted by atomic mass is 35.5. The first kappa shape index (κ1) is 22.4. The van der Waals surface area contributed by atoms with Crippen molar-refractivity contribution in [1.82, 2.24) is 20.1 Å². The van der Waals surface area contributed by atoms with E-state index in [2.05, 4.69) is 40.6 Å². The summed E-state index contributed by atoms with van der Waals surface area (Å²) in [5.41, 5.74) is 3.63. The number of aryl methyl sites for hydroxylation is 1. The summed E-state index contributed by atoms with van der Waals surface area (Å²) in [6, 6.07) is 22.6. The van der Waals surface area contributed by atoms with Gasteiger partial charge in [-0.05, 0) is 42.8 Å². The number of nitrogens with one attached hydrogen (secondary N) is 1. The van der Waals surface area contributed by atoms with E-state index in [1.807, 2.05) is 28.8 Å². The maximum atomic E-state index is 12.5. The lowest BCUT2D eigenvalue weighted by molar-refractivity contribution is 0.0949. The zero-order valence-electron chi connectivity index (χ0n) is 17.3. The Labute approximate surface area is 200 Å². The van der Waals surface area contributed by atoms with Gasteiger partial charge in [0.15, 0.2) is 11.0 Å². The molecule has 32 heavy (non-hydrogen) atoms. The number of halogens is 2. The van der Waals surface area contributed by atoms with E-state index in [1.54, 1.807) is 42.1 Å². The summed E-state index contributed by atoms with van der Waals surface area (Å²) in [5.74, 6) is 1.09. The molecule has 162 valence electrons. The number of aromatic nitrogens is 3. The summed E-state index contributed by atoms with van der Waals surface area (Å²) in [4.78, 5) is 12.5. The fraction of sp³-hybridized carbons (Fsp3) is 0.125. The lowest BCUT2D eigenvalue weighted by Crippen LogP contribution is -2.24. The summed E-state index contributed by atoms with van der Waals surface area (Å²) >= 11 is 14.3. The Morgan fingerprint density at radius 2 is 1.81 bits per heavy atom. The van der Waals surface area contributed by atoms with Crippen molar-refractivity contribution >= 4 is 40.9 Å². The van der Waals surface area contributed by atoms with E-state index >= 15 is 0 Å². The molecule has 5 nitrogen and oxygen atoms in total. The first-order valence-electron chi connectivity index (χ1n) is 9.92. The van der Waals surface area contributed by atoms with Crippen LogP contribution in [0.15, 0.2) is 78.0 Å². The second-order valence-electron chi connectivity index (χ2n) is 7.16. The van der Waals surface area contributed by atoms with Gasteiger partial charge in [-0.2, -0.15) is 0 Å². The molecule has 0 radical (unpaired) electrons. The van der Waals surface area contributed by atoms with Gasteiger partial charge >= 0.3 is 0 Å². The summed E-state index contributed by atoms with van der Waals surface area (Å²) in [5, 5.41) is 13.3. The lowest BCUT2D eigenvalue weighted by Gasteiger charge is -2.13. The number of benzene rings is 3. The molecule has 0 aliphatic carbocycles. The highest BCUT2D eigenvalue weighted by molar-refractivity contribution is 7.98. The molecular weight excluding hydrogens is 463 g/mol. The summed E-state index contributed by atoms with van der Waals surface area (Å²) in [6.07, 6.45) is 0. The van der Waals surface area contributed by atoms with E-state index < -0.39 is 0 Å². The molecule has 0 aliphatic rings. The SMILES string of the molecule is Cc1cccc(CSc2nnc(CNC(=O)c3ccccc3)n2-c2cc(Cl)ccc2Cl)c1. The second-order valence-corrected chi connectivity index (χ2v) is 8.94. The Morgan fingerprint density at radius 1 is 1.00 bits per heavy atom. The van der Waals surface area contributed by atoms with Gasteiger partial charge in [-0.3, -0.25) is 9.36 Å². The van der Waals surface area contributed by atoms with Gasteiger partial charge in [-0.15, -0.1) is 10.2 Å². The van der Waals surface area contributed by atoms with Gasteiger partial charge in [0.2, 0.25) is 0 Å². The Kier molecular flexibility index (Phi) is 7.15. The molecule has 0 saturated carbocycles. The minimum atomic E-state index is -0.189. The predicted molar refractivity (Wildman–Crippen MR) is 130 cm³/mol. The minimum Gasteiger partial charge on any atom is -0.345 e. The van der Waals surface area contributed by atoms with E-state index in [-0.39, 0.29) is 12.5 Å². The Morgan fingerprint density at radius 3 is 2.59 bits per heavy atom. The average molecular weight is 483 g/mol. The number of carbonyl (C=O) groups excluding carboxylic acids is 1. The molecule has 0 saturated heterocycles. The van der Waals surface area contributed by atoms with Crippen LogP contribution in [0.2, 0.25) is 10.0 Å². The highest BCUT2D eigenvalue weighted by Crippen LogP contribution is 2.31. The van der Waals surface area contributed by atoms with E-state index in [4.69, 9.17) is 23.2 Å². The van der Waals surface area contributed by atoms with Crippen molar-refractivity contribution in [3.63, 3.8) is 0 Å². The van der Waals surface area contributed by atoms with Crippen molar-refractivity contribution < 1.29 is 4.79 Å². The van der Waals surface area contributed by atoms with Crippen molar-refractivity contribution in [2.75, 3.05) is 0 Å². The van der Waals surface area contributed by atoms with Crippen LogP contribution in [0.3, 0.4) is 0 Å². The smallest absolute Gasteiger partial charge is 0.251 e. The molecule has 1 aromatic heterocycles. The standard InChI is InChI=1S/C24H20Cl2N4OS/c1-16-6-5-7-17(12-16)15-32-24-29-28-22(14-27-23(31)18-8-3-2-4-9-18)30(24)21-13-19(25)10-11-20(21)26/h2-13H,14-15H2,1H3,(H,27,31). The van der Waals surface area contributed by atoms with E-state index in [0.29, 0.717) is 38.0 Å². The molecule has 1 heterocycles. The fourth-order valence-corrected chi connectivity index (χ4v) is 4.48. The van der Waals surface area contributed by atoms with Crippen molar-refractivity contribution in [3.8, 4) is 5.69 Å². The third kappa shape index (κ3) is 5.33. The van der Waals surface area contributed by atoms with Crippen LogP contribution in [0.25, 0.3) is 5.69 Å². The first-order valence-corrected chi connectivity index (χ1v) is 11.7. The largest absolute Gasteiger partial charge is 0.345 e. The number of hydrogen-bond acceptors (Lipinski definition) is 4. The highest BCUT2D eigenvalue weighted by Gasteiger charge is 2.18. The topological polar surface area (TPSA) is 59.8 Å². The molecule has 0 aliphatic heterocycles. The third-order valence-electron chi connectivity index (χ3n) is 4.74. The predicted octanol–water partition coefficient (Wildman–Crippen LogP) is 6.10. The zero-order valence-corrected chi connectivity index (χ0v) is 19.6. The molecule has 4 rings (SSSR count). The molecule has 4 aromatic rings. The van der Waals surface area contributed by atoms with Gasteiger partial charge in [0.05, 0.1) is 17.3 Å². The molecule has 0 atom stereocenters. The van der Waals surface area contributed by atoms with Crippen molar-refractivity contribution in [3.05, 3.63) is 105 Å². The number of nitrogens with zero attached hydrogens (tertiary/aromatic N) is 3. The van der Waals surface area contributed by atoms with E-state index in [9.17, 15) is 4.79 Å². The Bertz CT molecular complexity index is 1240. The van der Waals surface area contributed by atoms with Gasteiger partial charge in [0, 0.05) is 16.3 Å². The van der Waals surface area contributed by atoms with Gasteiger partial charge < -0.3 is 5.32 Å². The Hall–Kier alpha value is -2.80. The molecule has 1 N–H and O–H groups in total. The number of thioether (sulfide) groups is 1. The zero-order chi connectivity index (χ0) is 22.5. The van der Waals surface area contributed by atoms with Crippen LogP contribution in [0.4, 0.5) is 0 Å². The van der Waals surface area contributed by atoms with Crippen LogP contribution in [-0.2, 0) is 12.3 Å². The van der Waals surface area contributed by atoms with Crippen molar-refractivity contribution in [1.29, 1.82) is 0 Å². The summed E-state index contributed by atoms with van der Waals surface area (Å²) in [6.45, 7) is 2.25. The van der Waals surface area contributed by atoms with Gasteiger partial charge in [-0.1, -0.05) is 83.0 Å². The summed E-state index contributed by atoms with van der Waals surface area (Å²) < 4.78 is 1.85. The Balaban J connectivity index is 1.62. The van der Waals surface area contributed by atoms with Crippen molar-refractivity contribution in [2.45, 2.75) is 24.4 Å². The maximum absolute atomic E-state index is 12.5.